The lowest BCUT2D eigenvalue weighted by Crippen LogP contribution is -2.46. The smallest absolute Gasteiger partial charge is 0.255 e. The third-order valence-corrected chi connectivity index (χ3v) is 15.8. The predicted octanol–water partition coefficient (Wildman–Crippen LogP) is 16.0. The van der Waals surface area contributed by atoms with Crippen LogP contribution in [0.25, 0.3) is 39.1 Å². The Morgan fingerprint density at radius 3 is 1.89 bits per heavy atom. The molecular formula is C66H65N3O3. The third kappa shape index (κ3) is 9.75. The monoisotopic (exact) mass is 948 g/mol. The lowest BCUT2D eigenvalue weighted by atomic mass is 9.77. The normalized spacial score (nSPS) is 18.6. The van der Waals surface area contributed by atoms with E-state index >= 15 is 0 Å². The molecule has 6 nitrogen and oxygen atoms in total. The van der Waals surface area contributed by atoms with Crippen molar-refractivity contribution in [1.82, 2.24) is 0 Å². The summed E-state index contributed by atoms with van der Waals surface area (Å²) >= 11 is 0. The SMILES string of the molecule is CCCCCC1CCC(c2ccc(-c3ccc(NC(=O)c4ccc(-c5cccc6c7c(ccc56)OC(c5ccccc5)(c5ccc(N6CCN(c8ccc(OC)cc8)CC6)cc5)C=C7)cc4)cc3)cc2)CC1. The van der Waals surface area contributed by atoms with E-state index in [0.29, 0.717) is 11.5 Å². The van der Waals surface area contributed by atoms with Gasteiger partial charge < -0.3 is 24.6 Å². The minimum Gasteiger partial charge on any atom is -0.497 e. The first-order valence-electron chi connectivity index (χ1n) is 26.3. The van der Waals surface area contributed by atoms with Gasteiger partial charge in [-0.05, 0) is 155 Å². The number of rotatable bonds is 14. The van der Waals surface area contributed by atoms with Crippen LogP contribution in [-0.2, 0) is 5.60 Å². The zero-order valence-corrected chi connectivity index (χ0v) is 41.7. The molecule has 2 aliphatic heterocycles. The van der Waals surface area contributed by atoms with E-state index < -0.39 is 5.60 Å². The summed E-state index contributed by atoms with van der Waals surface area (Å²) in [7, 11) is 1.71. The summed E-state index contributed by atoms with van der Waals surface area (Å²) in [5, 5.41) is 5.36. The van der Waals surface area contributed by atoms with Gasteiger partial charge in [-0.15, -0.1) is 0 Å². The van der Waals surface area contributed by atoms with E-state index in [0.717, 1.165) is 93.4 Å². The second-order valence-corrected chi connectivity index (χ2v) is 20.1. The van der Waals surface area contributed by atoms with Crippen LogP contribution in [0.5, 0.6) is 11.5 Å². The topological polar surface area (TPSA) is 54.0 Å². The quantitative estimate of drug-likeness (QED) is 0.110. The Balaban J connectivity index is 0.750. The van der Waals surface area contributed by atoms with Crippen molar-refractivity contribution in [3.05, 3.63) is 216 Å². The number of ether oxygens (including phenoxy) is 2. The Morgan fingerprint density at radius 2 is 1.24 bits per heavy atom. The Bertz CT molecular complexity index is 3130. The highest BCUT2D eigenvalue weighted by Gasteiger charge is 2.37. The molecule has 0 bridgehead atoms. The molecule has 1 atom stereocenters. The lowest BCUT2D eigenvalue weighted by Gasteiger charge is -2.38. The van der Waals surface area contributed by atoms with Crippen LogP contribution in [0.1, 0.15) is 96.8 Å². The van der Waals surface area contributed by atoms with Crippen LogP contribution in [0.4, 0.5) is 17.1 Å². The van der Waals surface area contributed by atoms with E-state index in [-0.39, 0.29) is 5.91 Å². The van der Waals surface area contributed by atoms with Gasteiger partial charge in [0.2, 0.25) is 0 Å². The minimum atomic E-state index is -0.804. The molecule has 1 aliphatic carbocycles. The molecule has 2 fully saturated rings. The molecule has 3 aliphatic rings. The number of hydrogen-bond acceptors (Lipinski definition) is 5. The standard InChI is InChI=1S/C66H65N3O3/c1-3-4-6-10-47-15-17-48(18-16-47)49-19-21-50(22-20-49)51-27-31-56(32-28-51)67-65(70)53-25-23-52(24-26-53)60-13-9-14-61-62(60)39-40-64-63(61)41-42-66(72-64,54-11-7-5-8-12-54)55-29-33-57(34-30-55)68-43-45-69(46-44-68)58-35-37-59(71-2)38-36-58/h5,7-9,11-14,19-42,47-48H,3-4,6,10,15-18,43-46H2,1-2H3,(H,67,70). The summed E-state index contributed by atoms with van der Waals surface area (Å²) in [5.41, 5.74) is 12.2. The molecule has 2 heterocycles. The summed E-state index contributed by atoms with van der Waals surface area (Å²) in [4.78, 5) is 18.5. The number of carbonyl (C=O) groups is 1. The van der Waals surface area contributed by atoms with Crippen molar-refractivity contribution in [1.29, 1.82) is 0 Å². The Morgan fingerprint density at radius 1 is 0.611 bits per heavy atom. The van der Waals surface area contributed by atoms with Crippen LogP contribution >= 0.6 is 0 Å². The zero-order chi connectivity index (χ0) is 48.9. The van der Waals surface area contributed by atoms with Crippen LogP contribution in [0.2, 0.25) is 0 Å². The number of nitrogens with zero attached hydrogens (tertiary/aromatic N) is 2. The number of methoxy groups -OCH3 is 1. The number of benzene rings is 8. The van der Waals surface area contributed by atoms with Gasteiger partial charge in [0, 0.05) is 65.5 Å². The summed E-state index contributed by atoms with van der Waals surface area (Å²) in [6.07, 6.45) is 15.3. The van der Waals surface area contributed by atoms with Crippen molar-refractivity contribution in [2.75, 3.05) is 48.4 Å². The number of amides is 1. The first-order valence-corrected chi connectivity index (χ1v) is 26.3. The number of unbranched alkanes of at least 4 members (excludes halogenated alkanes) is 2. The summed E-state index contributed by atoms with van der Waals surface area (Å²) < 4.78 is 12.6. The minimum absolute atomic E-state index is 0.131. The van der Waals surface area contributed by atoms with Gasteiger partial charge in [0.15, 0.2) is 5.60 Å². The molecule has 1 N–H and O–H groups in total. The maximum atomic E-state index is 13.5. The zero-order valence-electron chi connectivity index (χ0n) is 41.7. The molecule has 1 saturated heterocycles. The van der Waals surface area contributed by atoms with Gasteiger partial charge in [0.05, 0.1) is 7.11 Å². The fourth-order valence-electron chi connectivity index (χ4n) is 11.5. The van der Waals surface area contributed by atoms with Gasteiger partial charge in [0.25, 0.3) is 5.91 Å². The number of nitrogens with one attached hydrogen (secondary N) is 1. The number of hydrogen-bond donors (Lipinski definition) is 1. The van der Waals surface area contributed by atoms with E-state index in [1.165, 1.54) is 73.9 Å². The maximum Gasteiger partial charge on any atom is 0.255 e. The summed E-state index contributed by atoms with van der Waals surface area (Å²) in [6, 6.07) is 63.9. The molecule has 0 spiro atoms. The molecule has 0 aromatic heterocycles. The van der Waals surface area contributed by atoms with Crippen molar-refractivity contribution < 1.29 is 14.3 Å². The van der Waals surface area contributed by atoms with Crippen molar-refractivity contribution >= 4 is 39.8 Å². The largest absolute Gasteiger partial charge is 0.497 e. The van der Waals surface area contributed by atoms with Gasteiger partial charge in [-0.1, -0.05) is 148 Å². The van der Waals surface area contributed by atoms with Crippen LogP contribution in [0, 0.1) is 5.92 Å². The average Bonchev–Trinajstić information content (AvgIpc) is 3.45. The molecule has 8 aromatic carbocycles. The molecule has 8 aromatic rings. The molecule has 6 heteroatoms. The Kier molecular flexibility index (Phi) is 13.7. The second-order valence-electron chi connectivity index (χ2n) is 20.1. The molecule has 11 rings (SSSR count). The molecule has 1 saturated carbocycles. The highest BCUT2D eigenvalue weighted by atomic mass is 16.5. The van der Waals surface area contributed by atoms with E-state index in [4.69, 9.17) is 9.47 Å². The molecule has 362 valence electrons. The second kappa shape index (κ2) is 21.0. The van der Waals surface area contributed by atoms with Crippen molar-refractivity contribution in [2.45, 2.75) is 69.8 Å². The molecular weight excluding hydrogens is 883 g/mol. The van der Waals surface area contributed by atoms with Crippen LogP contribution in [-0.4, -0.2) is 39.2 Å². The van der Waals surface area contributed by atoms with Gasteiger partial charge in [-0.25, -0.2) is 0 Å². The van der Waals surface area contributed by atoms with Crippen molar-refractivity contribution in [3.8, 4) is 33.8 Å². The van der Waals surface area contributed by atoms with Crippen molar-refractivity contribution in [3.63, 3.8) is 0 Å². The van der Waals surface area contributed by atoms with Gasteiger partial charge in [-0.3, -0.25) is 4.79 Å². The summed E-state index contributed by atoms with van der Waals surface area (Å²) in [6.45, 7) is 6.09. The fraction of sp³-hybridized carbons (Fsp3) is 0.258. The van der Waals surface area contributed by atoms with E-state index in [1.54, 1.807) is 7.11 Å². The summed E-state index contributed by atoms with van der Waals surface area (Å²) in [5.74, 6) is 3.19. The van der Waals surface area contributed by atoms with Gasteiger partial charge in [0.1, 0.15) is 11.5 Å². The van der Waals surface area contributed by atoms with E-state index in [2.05, 4.69) is 168 Å². The van der Waals surface area contributed by atoms with Gasteiger partial charge in [-0.2, -0.15) is 0 Å². The van der Waals surface area contributed by atoms with Crippen LogP contribution in [0.15, 0.2) is 188 Å². The molecule has 0 radical (unpaired) electrons. The highest BCUT2D eigenvalue weighted by Crippen LogP contribution is 2.46. The molecule has 72 heavy (non-hydrogen) atoms. The molecule has 1 unspecified atom stereocenters. The van der Waals surface area contributed by atoms with Crippen LogP contribution in [0.3, 0.4) is 0 Å². The third-order valence-electron chi connectivity index (χ3n) is 15.8. The Labute approximate surface area is 426 Å². The number of carbonyl (C=O) groups excluding carboxylic acids is 1. The highest BCUT2D eigenvalue weighted by molar-refractivity contribution is 6.06. The number of piperazine rings is 1. The average molecular weight is 948 g/mol. The van der Waals surface area contributed by atoms with Crippen LogP contribution < -0.4 is 24.6 Å². The first kappa shape index (κ1) is 46.8. The lowest BCUT2D eigenvalue weighted by molar-refractivity contribution is 0.102. The fourth-order valence-corrected chi connectivity index (χ4v) is 11.5. The first-order chi connectivity index (χ1) is 35.4. The maximum absolute atomic E-state index is 13.5. The predicted molar refractivity (Wildman–Crippen MR) is 299 cm³/mol. The Hall–Kier alpha value is -7.57. The van der Waals surface area contributed by atoms with Gasteiger partial charge >= 0.3 is 0 Å². The van der Waals surface area contributed by atoms with E-state index in [9.17, 15) is 4.79 Å². The number of anilines is 3. The van der Waals surface area contributed by atoms with Crippen molar-refractivity contribution in [2.24, 2.45) is 5.92 Å². The molecule has 1 amide bonds. The van der Waals surface area contributed by atoms with E-state index in [1.807, 2.05) is 48.5 Å². The number of fused-ring (bicyclic) bond motifs is 3.